The van der Waals surface area contributed by atoms with Gasteiger partial charge in [-0.1, -0.05) is 12.2 Å². The molecular formula is C7H13N3O2S. The van der Waals surface area contributed by atoms with Crippen molar-refractivity contribution in [3.05, 3.63) is 4.91 Å². The average molecular weight is 203 g/mol. The van der Waals surface area contributed by atoms with Crippen LogP contribution in [0.5, 0.6) is 0 Å². The van der Waals surface area contributed by atoms with E-state index in [1.165, 1.54) is 5.01 Å². The molecule has 6 heteroatoms. The molecule has 1 N–H and O–H groups in total. The predicted octanol–water partition coefficient (Wildman–Crippen LogP) is 1.52. The topological polar surface area (TPSA) is 56.1 Å². The maximum atomic E-state index is 10.6. The van der Waals surface area contributed by atoms with Gasteiger partial charge < -0.3 is 0 Å². The van der Waals surface area contributed by atoms with E-state index < -0.39 is 11.2 Å². The van der Waals surface area contributed by atoms with Gasteiger partial charge in [0.2, 0.25) is 0 Å². The molecule has 1 saturated heterocycles. The zero-order valence-electron chi connectivity index (χ0n) is 8.11. The molecule has 1 rings (SSSR count). The third-order valence-corrected chi connectivity index (χ3v) is 3.04. The fourth-order valence-electron chi connectivity index (χ4n) is 1.57. The van der Waals surface area contributed by atoms with Crippen LogP contribution in [0, 0.1) is 4.91 Å². The largest absolute Gasteiger partial charge is 0.285 e. The van der Waals surface area contributed by atoms with Crippen LogP contribution < -0.4 is 0 Å². The quantitative estimate of drug-likeness (QED) is 0.517. The standard InChI is InChI=1S/C7H13N3O2S/c1-6(2)5(13)9(12)7(3,4)10(6)8-11/h12H,1-4H3. The molecule has 0 aromatic rings. The van der Waals surface area contributed by atoms with Crippen molar-refractivity contribution < 1.29 is 5.21 Å². The Balaban J connectivity index is 3.20. The number of thiocarbonyl (C=S) groups is 1. The van der Waals surface area contributed by atoms with Gasteiger partial charge in [0, 0.05) is 0 Å². The molecular weight excluding hydrogens is 190 g/mol. The lowest BCUT2D eigenvalue weighted by Gasteiger charge is -2.33. The lowest BCUT2D eigenvalue weighted by Crippen LogP contribution is -2.48. The highest BCUT2D eigenvalue weighted by molar-refractivity contribution is 7.80. The molecule has 0 bridgehead atoms. The van der Waals surface area contributed by atoms with Crippen LogP contribution >= 0.6 is 12.2 Å². The molecule has 0 unspecified atom stereocenters. The van der Waals surface area contributed by atoms with Crippen molar-refractivity contribution in [1.29, 1.82) is 0 Å². The van der Waals surface area contributed by atoms with Crippen LogP contribution in [0.25, 0.3) is 0 Å². The molecule has 0 radical (unpaired) electrons. The second-order valence-corrected chi connectivity index (χ2v) is 4.45. The minimum absolute atomic E-state index is 0.303. The Hall–Kier alpha value is -0.750. The van der Waals surface area contributed by atoms with E-state index in [4.69, 9.17) is 12.2 Å². The molecule has 0 saturated carbocycles. The Labute approximate surface area is 82.2 Å². The normalized spacial score (nSPS) is 25.2. The summed E-state index contributed by atoms with van der Waals surface area (Å²) in [6, 6.07) is 0. The second-order valence-electron chi connectivity index (χ2n) is 4.06. The van der Waals surface area contributed by atoms with Crippen LogP contribution in [0.15, 0.2) is 5.29 Å². The Morgan fingerprint density at radius 2 is 1.85 bits per heavy atom. The lowest BCUT2D eigenvalue weighted by molar-refractivity contribution is -0.136. The minimum atomic E-state index is -0.873. The monoisotopic (exact) mass is 203 g/mol. The van der Waals surface area contributed by atoms with E-state index in [-0.39, 0.29) is 0 Å². The molecule has 0 aliphatic carbocycles. The van der Waals surface area contributed by atoms with Crippen molar-refractivity contribution in [2.75, 3.05) is 0 Å². The van der Waals surface area contributed by atoms with Gasteiger partial charge in [-0.15, -0.1) is 4.91 Å². The van der Waals surface area contributed by atoms with Crippen LogP contribution in [0.2, 0.25) is 0 Å². The smallest absolute Gasteiger partial charge is 0.153 e. The van der Waals surface area contributed by atoms with Gasteiger partial charge in [0.05, 0.1) is 5.29 Å². The zero-order chi connectivity index (χ0) is 10.4. The molecule has 1 aliphatic heterocycles. The van der Waals surface area contributed by atoms with E-state index in [9.17, 15) is 10.1 Å². The van der Waals surface area contributed by atoms with Gasteiger partial charge >= 0.3 is 0 Å². The second kappa shape index (κ2) is 2.62. The van der Waals surface area contributed by atoms with Crippen molar-refractivity contribution in [2.24, 2.45) is 5.29 Å². The van der Waals surface area contributed by atoms with Crippen LogP contribution in [0.4, 0.5) is 0 Å². The maximum absolute atomic E-state index is 10.6. The highest BCUT2D eigenvalue weighted by atomic mass is 32.1. The van der Waals surface area contributed by atoms with E-state index in [0.29, 0.717) is 4.99 Å². The summed E-state index contributed by atoms with van der Waals surface area (Å²) in [6.45, 7) is 6.84. The zero-order valence-corrected chi connectivity index (χ0v) is 8.92. The summed E-state index contributed by atoms with van der Waals surface area (Å²) in [5.41, 5.74) is -1.59. The van der Waals surface area contributed by atoms with E-state index in [0.717, 1.165) is 5.06 Å². The van der Waals surface area contributed by atoms with Gasteiger partial charge in [0.1, 0.15) is 10.5 Å². The molecule has 1 aliphatic rings. The first-order chi connectivity index (χ1) is 5.76. The number of hydrogen-bond donors (Lipinski definition) is 1. The predicted molar refractivity (Wildman–Crippen MR) is 52.0 cm³/mol. The fraction of sp³-hybridized carbons (Fsp3) is 0.857. The number of rotatable bonds is 1. The first-order valence-corrected chi connectivity index (χ1v) is 4.34. The van der Waals surface area contributed by atoms with Crippen molar-refractivity contribution in [3.63, 3.8) is 0 Å². The van der Waals surface area contributed by atoms with Gasteiger partial charge in [-0.05, 0) is 27.7 Å². The van der Waals surface area contributed by atoms with E-state index >= 15 is 0 Å². The van der Waals surface area contributed by atoms with E-state index in [1.807, 2.05) is 0 Å². The molecule has 13 heavy (non-hydrogen) atoms. The number of nitroso groups, excluding NO2 is 1. The van der Waals surface area contributed by atoms with Crippen molar-refractivity contribution in [1.82, 2.24) is 10.1 Å². The first-order valence-electron chi connectivity index (χ1n) is 3.93. The van der Waals surface area contributed by atoms with Crippen molar-refractivity contribution >= 4 is 17.2 Å². The molecule has 0 amide bonds. The molecule has 1 fully saturated rings. The van der Waals surface area contributed by atoms with Gasteiger partial charge in [0.25, 0.3) is 0 Å². The van der Waals surface area contributed by atoms with Gasteiger partial charge in [-0.3, -0.25) is 5.21 Å². The van der Waals surface area contributed by atoms with Crippen LogP contribution in [-0.4, -0.2) is 31.5 Å². The van der Waals surface area contributed by atoms with Crippen LogP contribution in [-0.2, 0) is 0 Å². The molecule has 0 spiro atoms. The SMILES string of the molecule is CC1(C)C(=S)N(O)C(C)(C)N1N=O. The van der Waals surface area contributed by atoms with Crippen LogP contribution in [0.1, 0.15) is 27.7 Å². The van der Waals surface area contributed by atoms with Gasteiger partial charge in [-0.25, -0.2) is 10.1 Å². The summed E-state index contributed by atoms with van der Waals surface area (Å²) in [7, 11) is 0. The fourth-order valence-corrected chi connectivity index (χ4v) is 1.88. The first kappa shape index (κ1) is 10.3. The van der Waals surface area contributed by atoms with Crippen molar-refractivity contribution in [3.8, 4) is 0 Å². The van der Waals surface area contributed by atoms with Gasteiger partial charge in [0.15, 0.2) is 5.66 Å². The summed E-state index contributed by atoms with van der Waals surface area (Å²) in [4.78, 5) is 10.9. The third kappa shape index (κ3) is 1.13. The highest BCUT2D eigenvalue weighted by Crippen LogP contribution is 2.37. The molecule has 1 heterocycles. The average Bonchev–Trinajstić information content (AvgIpc) is 2.10. The van der Waals surface area contributed by atoms with Crippen LogP contribution in [0.3, 0.4) is 0 Å². The Morgan fingerprint density at radius 3 is 2.00 bits per heavy atom. The summed E-state index contributed by atoms with van der Waals surface area (Å²) >= 11 is 5.01. The number of nitrogens with zero attached hydrogens (tertiary/aromatic N) is 3. The Kier molecular flexibility index (Phi) is 2.08. The minimum Gasteiger partial charge on any atom is -0.285 e. The summed E-state index contributed by atoms with van der Waals surface area (Å²) in [5, 5.41) is 14.7. The summed E-state index contributed by atoms with van der Waals surface area (Å²) in [6.07, 6.45) is 0. The van der Waals surface area contributed by atoms with E-state index in [2.05, 4.69) is 5.29 Å². The van der Waals surface area contributed by atoms with E-state index in [1.54, 1.807) is 27.7 Å². The van der Waals surface area contributed by atoms with Crippen molar-refractivity contribution in [2.45, 2.75) is 38.9 Å². The lowest BCUT2D eigenvalue weighted by atomic mass is 10.1. The molecule has 0 aromatic carbocycles. The Morgan fingerprint density at radius 1 is 1.38 bits per heavy atom. The molecule has 74 valence electrons. The molecule has 5 nitrogen and oxygen atoms in total. The highest BCUT2D eigenvalue weighted by Gasteiger charge is 2.54. The Bertz CT molecular complexity index is 264. The van der Waals surface area contributed by atoms with Gasteiger partial charge in [-0.2, -0.15) is 0 Å². The molecule has 0 aromatic heterocycles. The number of hydrogen-bond acceptors (Lipinski definition) is 4. The maximum Gasteiger partial charge on any atom is 0.153 e. The number of hydroxylamine groups is 2. The summed E-state index contributed by atoms with van der Waals surface area (Å²) in [5.74, 6) is 0. The third-order valence-electron chi connectivity index (χ3n) is 2.36. The summed E-state index contributed by atoms with van der Waals surface area (Å²) < 4.78 is 0. The molecule has 0 atom stereocenters.